The van der Waals surface area contributed by atoms with Crippen molar-refractivity contribution < 1.29 is 0 Å². The molecule has 0 amide bonds. The number of hydrogen-bond acceptors (Lipinski definition) is 1. The van der Waals surface area contributed by atoms with E-state index in [0.29, 0.717) is 0 Å². The van der Waals surface area contributed by atoms with Crippen LogP contribution in [0.1, 0.15) is 38.7 Å². The van der Waals surface area contributed by atoms with Gasteiger partial charge in [-0.3, -0.25) is 0 Å². The molecule has 0 radical (unpaired) electrons. The molecular weight excluding hydrogens is 322 g/mol. The van der Waals surface area contributed by atoms with Gasteiger partial charge >= 0.3 is 0 Å². The molecule has 0 spiro atoms. The van der Waals surface area contributed by atoms with Crippen molar-refractivity contribution in [3.63, 3.8) is 0 Å². The molecule has 1 fully saturated rings. The van der Waals surface area contributed by atoms with Gasteiger partial charge in [0.15, 0.2) is 0 Å². The van der Waals surface area contributed by atoms with Crippen LogP contribution in [0.25, 0.3) is 0 Å². The fourth-order valence-electron chi connectivity index (χ4n) is 2.89. The van der Waals surface area contributed by atoms with E-state index in [4.69, 9.17) is 11.6 Å². The van der Waals surface area contributed by atoms with Crippen molar-refractivity contribution in [1.29, 1.82) is 0 Å². The summed E-state index contributed by atoms with van der Waals surface area (Å²) in [5, 5.41) is 1.70. The third-order valence-corrected chi connectivity index (χ3v) is 5.22. The summed E-state index contributed by atoms with van der Waals surface area (Å²) >= 11 is 9.78. The first kappa shape index (κ1) is 15.2. The van der Waals surface area contributed by atoms with Crippen LogP contribution in [0.4, 0.5) is 5.69 Å². The van der Waals surface area contributed by atoms with Gasteiger partial charge in [0.25, 0.3) is 0 Å². The first-order valence-corrected chi connectivity index (χ1v) is 8.71. The van der Waals surface area contributed by atoms with Gasteiger partial charge in [-0.05, 0) is 48.8 Å². The summed E-state index contributed by atoms with van der Waals surface area (Å²) in [6.07, 6.45) is 3.96. The molecule has 2 rings (SSSR count). The molecule has 0 bridgehead atoms. The lowest BCUT2D eigenvalue weighted by molar-refractivity contribution is 0.351. The fraction of sp³-hybridized carbons (Fsp3) is 0.625. The third kappa shape index (κ3) is 3.88. The summed E-state index contributed by atoms with van der Waals surface area (Å²) in [6, 6.07) is 6.46. The van der Waals surface area contributed by atoms with Gasteiger partial charge in [-0.1, -0.05) is 47.4 Å². The zero-order chi connectivity index (χ0) is 13.8. The van der Waals surface area contributed by atoms with Crippen molar-refractivity contribution in [3.8, 4) is 0 Å². The minimum atomic E-state index is 0.805. The minimum Gasteiger partial charge on any atom is -0.371 e. The van der Waals surface area contributed by atoms with E-state index >= 15 is 0 Å². The average molecular weight is 345 g/mol. The maximum atomic E-state index is 6.31. The highest BCUT2D eigenvalue weighted by Crippen LogP contribution is 2.30. The second-order valence-corrected chi connectivity index (χ2v) is 6.80. The number of benzene rings is 1. The molecular formula is C16H23BrClN. The minimum absolute atomic E-state index is 0.805. The molecule has 106 valence electrons. The molecule has 19 heavy (non-hydrogen) atoms. The molecule has 1 unspecified atom stereocenters. The highest BCUT2D eigenvalue weighted by Gasteiger charge is 2.19. The number of halogens is 2. The molecule has 0 aliphatic carbocycles. The molecule has 1 nitrogen and oxygen atoms in total. The fourth-order valence-corrected chi connectivity index (χ4v) is 3.78. The van der Waals surface area contributed by atoms with E-state index in [0.717, 1.165) is 35.3 Å². The summed E-state index contributed by atoms with van der Waals surface area (Å²) in [4.78, 5) is 2.49. The maximum absolute atomic E-state index is 6.31. The van der Waals surface area contributed by atoms with E-state index < -0.39 is 0 Å². The molecule has 0 aromatic heterocycles. The van der Waals surface area contributed by atoms with Crippen LogP contribution in [0, 0.1) is 11.8 Å². The van der Waals surface area contributed by atoms with E-state index in [-0.39, 0.29) is 0 Å². The van der Waals surface area contributed by atoms with Crippen LogP contribution in [-0.4, -0.2) is 13.1 Å². The van der Waals surface area contributed by atoms with Crippen LogP contribution in [0.5, 0.6) is 0 Å². The van der Waals surface area contributed by atoms with E-state index in [1.54, 1.807) is 0 Å². The van der Waals surface area contributed by atoms with Crippen molar-refractivity contribution >= 4 is 33.2 Å². The Balaban J connectivity index is 2.08. The zero-order valence-electron chi connectivity index (χ0n) is 11.8. The van der Waals surface area contributed by atoms with Crippen molar-refractivity contribution in [3.05, 3.63) is 28.8 Å². The summed E-state index contributed by atoms with van der Waals surface area (Å²) in [5.74, 6) is 1.68. The van der Waals surface area contributed by atoms with Gasteiger partial charge in [-0.2, -0.15) is 0 Å². The molecule has 1 aliphatic heterocycles. The summed E-state index contributed by atoms with van der Waals surface area (Å²) in [5.41, 5.74) is 2.44. The molecule has 1 aromatic carbocycles. The van der Waals surface area contributed by atoms with Crippen LogP contribution < -0.4 is 4.90 Å². The Bertz CT molecular complexity index is 419. The molecule has 1 aromatic rings. The lowest BCUT2D eigenvalue weighted by Gasteiger charge is -2.24. The second kappa shape index (κ2) is 6.99. The average Bonchev–Trinajstić information content (AvgIpc) is 2.64. The van der Waals surface area contributed by atoms with Gasteiger partial charge in [0.1, 0.15) is 0 Å². The first-order valence-electron chi connectivity index (χ1n) is 7.21. The van der Waals surface area contributed by atoms with Gasteiger partial charge in [-0.15, -0.1) is 0 Å². The normalized spacial score (nSPS) is 20.7. The Kier molecular flexibility index (Phi) is 5.58. The van der Waals surface area contributed by atoms with Gasteiger partial charge in [0, 0.05) is 29.1 Å². The Morgan fingerprint density at radius 2 is 2.11 bits per heavy atom. The molecule has 0 saturated carbocycles. The van der Waals surface area contributed by atoms with Gasteiger partial charge in [0.2, 0.25) is 0 Å². The number of nitrogens with zero attached hydrogens (tertiary/aromatic N) is 1. The van der Waals surface area contributed by atoms with E-state index in [9.17, 15) is 0 Å². The lowest BCUT2D eigenvalue weighted by atomic mass is 9.89. The molecule has 1 heterocycles. The van der Waals surface area contributed by atoms with Crippen LogP contribution >= 0.6 is 27.5 Å². The number of hydrogen-bond donors (Lipinski definition) is 0. The predicted octanol–water partition coefficient (Wildman–Crippen LogP) is 5.50. The standard InChI is InChI=1S/C16H23BrClN/c1-12(2)13-4-3-8-19(9-7-13)15-6-5-14(11-17)16(18)10-15/h5-6,10,12-13H,3-4,7-9,11H2,1-2H3. The van der Waals surface area contributed by atoms with Crippen LogP contribution in [0.3, 0.4) is 0 Å². The monoisotopic (exact) mass is 343 g/mol. The van der Waals surface area contributed by atoms with Crippen molar-refractivity contribution in [2.75, 3.05) is 18.0 Å². The quantitative estimate of drug-likeness (QED) is 0.655. The summed E-state index contributed by atoms with van der Waals surface area (Å²) < 4.78 is 0. The molecule has 0 N–H and O–H groups in total. The number of anilines is 1. The largest absolute Gasteiger partial charge is 0.371 e. The highest BCUT2D eigenvalue weighted by atomic mass is 79.9. The smallest absolute Gasteiger partial charge is 0.0467 e. The first-order chi connectivity index (χ1) is 9.11. The lowest BCUT2D eigenvalue weighted by Crippen LogP contribution is -2.24. The van der Waals surface area contributed by atoms with Crippen molar-refractivity contribution in [2.24, 2.45) is 11.8 Å². The van der Waals surface area contributed by atoms with Gasteiger partial charge < -0.3 is 4.90 Å². The molecule has 1 atom stereocenters. The predicted molar refractivity (Wildman–Crippen MR) is 88.5 cm³/mol. The Labute approximate surface area is 130 Å². The molecule has 3 heteroatoms. The van der Waals surface area contributed by atoms with Crippen molar-refractivity contribution in [2.45, 2.75) is 38.4 Å². The highest BCUT2D eigenvalue weighted by molar-refractivity contribution is 9.08. The van der Waals surface area contributed by atoms with Crippen LogP contribution in [0.15, 0.2) is 18.2 Å². The third-order valence-electron chi connectivity index (χ3n) is 4.26. The molecule has 1 aliphatic rings. The van der Waals surface area contributed by atoms with E-state index in [1.165, 1.54) is 30.5 Å². The topological polar surface area (TPSA) is 3.24 Å². The molecule has 1 saturated heterocycles. The Morgan fingerprint density at radius 1 is 1.32 bits per heavy atom. The number of alkyl halides is 1. The number of rotatable bonds is 3. The van der Waals surface area contributed by atoms with Crippen LogP contribution in [-0.2, 0) is 5.33 Å². The Morgan fingerprint density at radius 3 is 2.74 bits per heavy atom. The van der Waals surface area contributed by atoms with E-state index in [2.05, 4.69) is 52.9 Å². The van der Waals surface area contributed by atoms with Gasteiger partial charge in [-0.25, -0.2) is 0 Å². The zero-order valence-corrected chi connectivity index (χ0v) is 14.2. The maximum Gasteiger partial charge on any atom is 0.0467 e. The summed E-state index contributed by atoms with van der Waals surface area (Å²) in [6.45, 7) is 7.02. The van der Waals surface area contributed by atoms with Crippen LogP contribution in [0.2, 0.25) is 5.02 Å². The SMILES string of the molecule is CC(C)C1CCCN(c2ccc(CBr)c(Cl)c2)CC1. The van der Waals surface area contributed by atoms with Gasteiger partial charge in [0.05, 0.1) is 0 Å². The van der Waals surface area contributed by atoms with Crippen molar-refractivity contribution in [1.82, 2.24) is 0 Å². The Hall–Kier alpha value is -0.210. The summed E-state index contributed by atoms with van der Waals surface area (Å²) in [7, 11) is 0. The van der Waals surface area contributed by atoms with E-state index in [1.807, 2.05) is 0 Å². The second-order valence-electron chi connectivity index (χ2n) is 5.83.